The summed E-state index contributed by atoms with van der Waals surface area (Å²) >= 11 is 0. The van der Waals surface area contributed by atoms with E-state index in [1.54, 1.807) is 0 Å². The highest BCUT2D eigenvalue weighted by atomic mass is 16.8. The molecular weight excluding hydrogens is 1680 g/mol. The Hall–Kier alpha value is -2.04. The average molecular weight is 1830 g/mol. The summed E-state index contributed by atoms with van der Waals surface area (Å²) in [6.45, 7) is 1.60. The van der Waals surface area contributed by atoms with Crippen LogP contribution in [0.1, 0.15) is 90.9 Å². The summed E-state index contributed by atoms with van der Waals surface area (Å²) in [5, 5.41) is 158. The number of aliphatic hydroxyl groups is 15. The predicted octanol–water partition coefficient (Wildman–Crippen LogP) is -18.6. The Kier molecular flexibility index (Phi) is 38.3. The van der Waals surface area contributed by atoms with Crippen LogP contribution < -0.4 is 103 Å². The first kappa shape index (κ1) is 104. The summed E-state index contributed by atoms with van der Waals surface area (Å²) < 4.78 is 107. The average Bonchev–Trinajstić information content (AvgIpc) is 1.54. The second-order valence-electron chi connectivity index (χ2n) is 35.9. The van der Waals surface area contributed by atoms with E-state index in [9.17, 15) is 76.6 Å². The minimum absolute atomic E-state index is 0.132. The lowest BCUT2D eigenvalue weighted by atomic mass is 9.84. The Labute approximate surface area is 729 Å². The lowest BCUT2D eigenvalue weighted by molar-refractivity contribution is -0.290. The maximum Gasteiger partial charge on any atom is 0.187 e. The van der Waals surface area contributed by atoms with Crippen LogP contribution in [-0.4, -0.2) is 446 Å². The van der Waals surface area contributed by atoms with Gasteiger partial charge in [0.2, 0.25) is 0 Å². The van der Waals surface area contributed by atoms with Gasteiger partial charge in [-0.3, -0.25) is 0 Å². The van der Waals surface area contributed by atoms with Crippen LogP contribution in [0.5, 0.6) is 0 Å². The van der Waals surface area contributed by atoms with Gasteiger partial charge in [0.1, 0.15) is 146 Å². The summed E-state index contributed by atoms with van der Waals surface area (Å²) in [4.78, 5) is 0. The van der Waals surface area contributed by atoms with E-state index in [0.717, 1.165) is 12.8 Å². The molecule has 9 aliphatic heterocycles. The van der Waals surface area contributed by atoms with Crippen LogP contribution in [0.15, 0.2) is 0 Å². The van der Waals surface area contributed by atoms with Crippen molar-refractivity contribution < 1.29 is 162 Å². The minimum atomic E-state index is -1.53. The smallest absolute Gasteiger partial charge is 0.187 e. The fraction of sp³-hybridized carbons (Fsp3) is 1.00. The summed E-state index contributed by atoms with van der Waals surface area (Å²) in [6, 6.07) is -10.1. The molecule has 4 aliphatic carbocycles. The molecule has 0 aromatic heterocycles. The monoisotopic (exact) mass is 1830 g/mol. The molecule has 736 valence electrons. The molecule has 13 rings (SSSR count). The van der Waals surface area contributed by atoms with Crippen LogP contribution in [0.2, 0.25) is 0 Å². The van der Waals surface area contributed by atoms with Crippen LogP contribution in [0, 0.1) is 5.92 Å². The third-order valence-electron chi connectivity index (χ3n) is 26.6. The molecule has 0 spiro atoms. The minimum Gasteiger partial charge on any atom is -0.394 e. The van der Waals surface area contributed by atoms with Crippen LogP contribution >= 0.6 is 0 Å². The normalized spacial score (nSPS) is 51.6. The Balaban J connectivity index is 0.000000184. The lowest BCUT2D eigenvalue weighted by Crippen LogP contribution is -2.65. The molecule has 0 radical (unpaired) electrons. The van der Waals surface area contributed by atoms with Gasteiger partial charge in [0.05, 0.1) is 92.7 Å². The highest BCUT2D eigenvalue weighted by Gasteiger charge is 2.60. The molecule has 0 aromatic rings. The molecule has 4 saturated carbocycles. The van der Waals surface area contributed by atoms with Crippen molar-refractivity contribution >= 4 is 0 Å². The van der Waals surface area contributed by atoms with E-state index in [2.05, 4.69) is 0 Å². The number of nitrogens with two attached hydrogens (primary N) is 18. The molecule has 13 aliphatic rings. The molecule has 9 saturated heterocycles. The molecular formula is C75H148N18O33. The Morgan fingerprint density at radius 2 is 0.532 bits per heavy atom. The fourth-order valence-corrected chi connectivity index (χ4v) is 18.4. The number of rotatable bonds is 29. The molecule has 54 unspecified atom stereocenters. The van der Waals surface area contributed by atoms with E-state index in [-0.39, 0.29) is 75.3 Å². The maximum atomic E-state index is 11.2. The molecule has 0 amide bonds. The van der Waals surface area contributed by atoms with Gasteiger partial charge < -0.3 is 265 Å². The summed E-state index contributed by atoms with van der Waals surface area (Å²) in [5.41, 5.74) is 110. The zero-order chi connectivity index (χ0) is 92.2. The van der Waals surface area contributed by atoms with Gasteiger partial charge in [0.25, 0.3) is 0 Å². The lowest BCUT2D eigenvalue weighted by Gasteiger charge is -2.46. The zero-order valence-electron chi connectivity index (χ0n) is 70.9. The summed E-state index contributed by atoms with van der Waals surface area (Å²) in [5.74, 6) is 0.409. The molecule has 54 atom stereocenters. The van der Waals surface area contributed by atoms with Crippen molar-refractivity contribution in [1.82, 2.24) is 0 Å². The SMILES string of the molecule is CC(N)C1CCC(N)C(OC2C(N)CC(N)C(O)C2OC2OC(CO)C(OC3OC(CN)C(O)C(O)C3N)C2O)O1.CCC(N)C1CCC(N)C(OC2C(N)CC(N)C(O)C2OC2OC(CO)C(OC3OC(CN)C(O)C(O)C3N)C2O)O1.NCC1OC(OC2C(CO)OC(OC3C(O)C(N)CC(N)C3OC3OC(C(N)C4CC4)CCC3N)C2O)C(N)C(O)C1O. The Bertz CT molecular complexity index is 3230. The van der Waals surface area contributed by atoms with E-state index in [0.29, 0.717) is 50.9 Å². The van der Waals surface area contributed by atoms with Crippen LogP contribution in [-0.2, 0) is 85.3 Å². The van der Waals surface area contributed by atoms with E-state index in [1.807, 2.05) is 13.8 Å². The maximum absolute atomic E-state index is 11.2. The third kappa shape index (κ3) is 23.8. The standard InChI is InChI=1S/C26H50N6O11.C25H50N6O11.C24H48N6O11/c27-6-13-18(35)19(36)16(32)25(39-13)42-22-14(7-33)40-26(20(22)37)43-23-17(34)10(29)5-11(30)21(23)41-24-9(28)3-4-12(38-24)15(31)8-1-2-8;1-2-8(27)12-4-3-9(28)23(37-12)40-20-11(30)5-10(29)16(33)22(20)42-25-19(36)21(14(7-32)39-25)41-24-15(31)18(35)17(34)13(6-26)38-24;1-7(26)11-3-2-8(27)22(36-11)39-19-10(29)4-9(28)15(32)21(19)41-24-18(35)20(13(6-31)38-24)40-23-14(30)17(34)16(33)12(5-25)37-23/h8-26,33-37H,1-7,27-32H2;8-25,32-36H,2-7,26-31H2,1H3;7-24,31-35H,2-6,25-30H2,1H3. The van der Waals surface area contributed by atoms with Crippen molar-refractivity contribution in [2.75, 3.05) is 39.5 Å². The molecule has 51 nitrogen and oxygen atoms in total. The number of ether oxygens (including phenoxy) is 18. The summed E-state index contributed by atoms with van der Waals surface area (Å²) in [7, 11) is 0. The first-order valence-electron chi connectivity index (χ1n) is 43.9. The van der Waals surface area contributed by atoms with Gasteiger partial charge in [0.15, 0.2) is 56.6 Å². The van der Waals surface area contributed by atoms with Gasteiger partial charge in [-0.15, -0.1) is 0 Å². The Morgan fingerprint density at radius 1 is 0.270 bits per heavy atom. The zero-order valence-corrected chi connectivity index (χ0v) is 70.9. The molecule has 9 heterocycles. The fourth-order valence-electron chi connectivity index (χ4n) is 18.4. The molecule has 126 heavy (non-hydrogen) atoms. The quantitative estimate of drug-likeness (QED) is 0.0331. The predicted molar refractivity (Wildman–Crippen MR) is 432 cm³/mol. The number of hydrogen-bond acceptors (Lipinski definition) is 51. The second-order valence-corrected chi connectivity index (χ2v) is 35.9. The first-order valence-corrected chi connectivity index (χ1v) is 43.9. The van der Waals surface area contributed by atoms with Gasteiger partial charge in [0, 0.05) is 74.0 Å². The molecule has 0 bridgehead atoms. The molecule has 51 N–H and O–H groups in total. The van der Waals surface area contributed by atoms with Crippen LogP contribution in [0.25, 0.3) is 0 Å². The van der Waals surface area contributed by atoms with Crippen molar-refractivity contribution in [3.8, 4) is 0 Å². The largest absolute Gasteiger partial charge is 0.394 e. The van der Waals surface area contributed by atoms with E-state index < -0.39 is 314 Å². The molecule has 13 fully saturated rings. The van der Waals surface area contributed by atoms with Gasteiger partial charge in [-0.05, 0) is 89.9 Å². The Morgan fingerprint density at radius 3 is 0.810 bits per heavy atom. The van der Waals surface area contributed by atoms with E-state index in [4.69, 9.17) is 188 Å². The van der Waals surface area contributed by atoms with Gasteiger partial charge >= 0.3 is 0 Å². The van der Waals surface area contributed by atoms with Crippen molar-refractivity contribution in [3.05, 3.63) is 0 Å². The van der Waals surface area contributed by atoms with Crippen LogP contribution in [0.3, 0.4) is 0 Å². The van der Waals surface area contributed by atoms with Gasteiger partial charge in [-0.1, -0.05) is 6.92 Å². The molecule has 0 aromatic carbocycles. The van der Waals surface area contributed by atoms with E-state index >= 15 is 0 Å². The van der Waals surface area contributed by atoms with Crippen molar-refractivity contribution in [2.45, 2.75) is 421 Å². The number of hydrogen-bond donors (Lipinski definition) is 33. The third-order valence-corrected chi connectivity index (χ3v) is 26.6. The molecule has 51 heteroatoms. The van der Waals surface area contributed by atoms with Crippen molar-refractivity contribution in [3.63, 3.8) is 0 Å². The van der Waals surface area contributed by atoms with E-state index in [1.165, 1.54) is 0 Å². The summed E-state index contributed by atoms with van der Waals surface area (Å²) in [6.07, 6.45) is -37.5. The second kappa shape index (κ2) is 46.2. The van der Waals surface area contributed by atoms with Gasteiger partial charge in [-0.2, -0.15) is 0 Å². The number of aliphatic hydroxyl groups excluding tert-OH is 15. The highest BCUT2D eigenvalue weighted by Crippen LogP contribution is 2.42. The van der Waals surface area contributed by atoms with Crippen LogP contribution in [0.4, 0.5) is 0 Å². The van der Waals surface area contributed by atoms with Crippen molar-refractivity contribution in [1.29, 1.82) is 0 Å². The first-order chi connectivity index (χ1) is 59.7. The highest BCUT2D eigenvalue weighted by molar-refractivity contribution is 5.07. The van der Waals surface area contributed by atoms with Gasteiger partial charge in [-0.25, -0.2) is 0 Å². The van der Waals surface area contributed by atoms with Crippen molar-refractivity contribution in [2.24, 2.45) is 109 Å². The topological polar surface area (TPSA) is 938 Å².